The van der Waals surface area contributed by atoms with Crippen molar-refractivity contribution in [2.24, 2.45) is 5.16 Å². The molecule has 0 heterocycles. The van der Waals surface area contributed by atoms with Crippen LogP contribution in [0.2, 0.25) is 0 Å². The Hall–Kier alpha value is -1.09. The van der Waals surface area contributed by atoms with Gasteiger partial charge in [0.15, 0.2) is 0 Å². The summed E-state index contributed by atoms with van der Waals surface area (Å²) in [5.74, 6) is -0.273. The van der Waals surface area contributed by atoms with E-state index >= 15 is 0 Å². The summed E-state index contributed by atoms with van der Waals surface area (Å²) in [6, 6.07) is 6.51. The summed E-state index contributed by atoms with van der Waals surface area (Å²) >= 11 is 5.63. The van der Waals surface area contributed by atoms with Gasteiger partial charge in [-0.15, -0.1) is 0 Å². The first-order valence-corrected chi connectivity index (χ1v) is 4.96. The molecule has 2 nitrogen and oxygen atoms in total. The molecule has 1 aromatic rings. The zero-order chi connectivity index (χ0) is 11.5. The lowest BCUT2D eigenvalue weighted by atomic mass is 9.81. The molecule has 0 atom stereocenters. The average Bonchev–Trinajstić information content (AvgIpc) is 2.17. The van der Waals surface area contributed by atoms with Gasteiger partial charge in [-0.25, -0.2) is 4.39 Å². The Balaban J connectivity index is 3.00. The summed E-state index contributed by atoms with van der Waals surface area (Å²) < 4.78 is 13.5. The summed E-state index contributed by atoms with van der Waals surface area (Å²) in [4.78, 5) is 0. The normalized spacial score (nSPS) is 12.9. The minimum absolute atomic E-state index is 0.0725. The molecule has 0 aliphatic heterocycles. The maximum atomic E-state index is 13.5. The van der Waals surface area contributed by atoms with E-state index < -0.39 is 5.41 Å². The molecule has 0 aliphatic carbocycles. The molecule has 1 aromatic carbocycles. The van der Waals surface area contributed by atoms with E-state index in [9.17, 15) is 4.39 Å². The van der Waals surface area contributed by atoms with Gasteiger partial charge in [0.25, 0.3) is 0 Å². The van der Waals surface area contributed by atoms with Gasteiger partial charge in [-0.1, -0.05) is 48.8 Å². The first-order valence-electron chi connectivity index (χ1n) is 4.59. The van der Waals surface area contributed by atoms with Crippen LogP contribution in [0.4, 0.5) is 4.39 Å². The van der Waals surface area contributed by atoms with Crippen molar-refractivity contribution in [2.75, 3.05) is 0 Å². The molecular weight excluding hydrogens is 217 g/mol. The van der Waals surface area contributed by atoms with E-state index in [0.29, 0.717) is 12.0 Å². The highest BCUT2D eigenvalue weighted by Gasteiger charge is 2.25. The molecule has 0 unspecified atom stereocenters. The van der Waals surface area contributed by atoms with E-state index in [-0.39, 0.29) is 11.0 Å². The summed E-state index contributed by atoms with van der Waals surface area (Å²) in [6.07, 6.45) is 0.298. The van der Waals surface area contributed by atoms with E-state index in [2.05, 4.69) is 5.16 Å². The number of benzene rings is 1. The third-order valence-corrected chi connectivity index (χ3v) is 2.51. The second kappa shape index (κ2) is 4.62. The van der Waals surface area contributed by atoms with Crippen LogP contribution in [0.15, 0.2) is 29.4 Å². The smallest absolute Gasteiger partial charge is 0.146 e. The van der Waals surface area contributed by atoms with Crippen LogP contribution in [-0.2, 0) is 5.41 Å². The van der Waals surface area contributed by atoms with Gasteiger partial charge in [-0.05, 0) is 17.0 Å². The fourth-order valence-corrected chi connectivity index (χ4v) is 1.84. The van der Waals surface area contributed by atoms with Crippen molar-refractivity contribution >= 4 is 16.8 Å². The van der Waals surface area contributed by atoms with E-state index in [1.165, 1.54) is 6.07 Å². The fourth-order valence-electron chi connectivity index (χ4n) is 1.51. The second-order valence-corrected chi connectivity index (χ2v) is 4.45. The molecule has 4 heteroatoms. The zero-order valence-corrected chi connectivity index (χ0v) is 9.42. The number of hydrogen-bond donors (Lipinski definition) is 1. The summed E-state index contributed by atoms with van der Waals surface area (Å²) in [5.41, 5.74) is 0.0704. The topological polar surface area (TPSA) is 32.6 Å². The predicted octanol–water partition coefficient (Wildman–Crippen LogP) is 3.52. The molecule has 0 radical (unpaired) electrons. The Morgan fingerprint density at radius 2 is 2.07 bits per heavy atom. The Labute approximate surface area is 93.4 Å². The first-order chi connectivity index (χ1) is 6.97. The van der Waals surface area contributed by atoms with Gasteiger partial charge in [-0.3, -0.25) is 0 Å². The maximum absolute atomic E-state index is 13.5. The van der Waals surface area contributed by atoms with Crippen LogP contribution in [0.3, 0.4) is 0 Å². The molecule has 82 valence electrons. The van der Waals surface area contributed by atoms with E-state index in [0.717, 1.165) is 0 Å². The van der Waals surface area contributed by atoms with Crippen LogP contribution in [0.5, 0.6) is 0 Å². The molecule has 15 heavy (non-hydrogen) atoms. The number of nitrogens with zero attached hydrogens (tertiary/aromatic N) is 1. The minimum atomic E-state index is -0.491. The Morgan fingerprint density at radius 1 is 1.47 bits per heavy atom. The van der Waals surface area contributed by atoms with Crippen molar-refractivity contribution in [3.05, 3.63) is 35.6 Å². The van der Waals surface area contributed by atoms with Crippen LogP contribution in [0.1, 0.15) is 25.8 Å². The van der Waals surface area contributed by atoms with Crippen molar-refractivity contribution < 1.29 is 9.60 Å². The van der Waals surface area contributed by atoms with Crippen molar-refractivity contribution in [1.29, 1.82) is 0 Å². The lowest BCUT2D eigenvalue weighted by Gasteiger charge is -2.24. The molecule has 0 aliphatic rings. The highest BCUT2D eigenvalue weighted by Crippen LogP contribution is 2.30. The second-order valence-electron chi connectivity index (χ2n) is 4.02. The van der Waals surface area contributed by atoms with E-state index in [1.807, 2.05) is 13.8 Å². The number of hydrogen-bond acceptors (Lipinski definition) is 2. The molecule has 0 aromatic heterocycles. The molecule has 0 fully saturated rings. The SMILES string of the molecule is CC(C)(CC(Cl)=NO)c1ccccc1F. The molecule has 0 bridgehead atoms. The lowest BCUT2D eigenvalue weighted by molar-refractivity contribution is 0.317. The van der Waals surface area contributed by atoms with Crippen LogP contribution >= 0.6 is 11.6 Å². The number of rotatable bonds is 3. The Kier molecular flexibility index (Phi) is 3.69. The highest BCUT2D eigenvalue weighted by molar-refractivity contribution is 6.65. The molecule has 1 rings (SSSR count). The van der Waals surface area contributed by atoms with Gasteiger partial charge in [0.2, 0.25) is 0 Å². The monoisotopic (exact) mass is 229 g/mol. The largest absolute Gasteiger partial charge is 0.410 e. The minimum Gasteiger partial charge on any atom is -0.410 e. The summed E-state index contributed by atoms with van der Waals surface area (Å²) in [5, 5.41) is 11.4. The van der Waals surface area contributed by atoms with Crippen LogP contribution in [0.25, 0.3) is 0 Å². The van der Waals surface area contributed by atoms with Gasteiger partial charge < -0.3 is 5.21 Å². The van der Waals surface area contributed by atoms with E-state index in [1.54, 1.807) is 18.2 Å². The fraction of sp³-hybridized carbons (Fsp3) is 0.364. The standard InChI is InChI=1S/C11H13ClFNO/c1-11(2,7-10(12)14-15)8-5-3-4-6-9(8)13/h3-6,15H,7H2,1-2H3. The highest BCUT2D eigenvalue weighted by atomic mass is 35.5. The Bertz CT molecular complexity index is 377. The van der Waals surface area contributed by atoms with Gasteiger partial charge in [0, 0.05) is 6.42 Å². The van der Waals surface area contributed by atoms with Gasteiger partial charge in [0.05, 0.1) is 0 Å². The van der Waals surface area contributed by atoms with Gasteiger partial charge in [-0.2, -0.15) is 0 Å². The Morgan fingerprint density at radius 3 is 2.60 bits per heavy atom. The van der Waals surface area contributed by atoms with Crippen LogP contribution < -0.4 is 0 Å². The molecule has 0 saturated heterocycles. The number of oxime groups is 1. The first kappa shape index (κ1) is 12.0. The van der Waals surface area contributed by atoms with Crippen LogP contribution in [-0.4, -0.2) is 10.4 Å². The summed E-state index contributed by atoms with van der Waals surface area (Å²) in [6.45, 7) is 3.69. The molecule has 0 saturated carbocycles. The molecule has 0 spiro atoms. The molecular formula is C11H13ClFNO. The lowest BCUT2D eigenvalue weighted by Crippen LogP contribution is -2.21. The van der Waals surface area contributed by atoms with Gasteiger partial charge in [0.1, 0.15) is 11.0 Å². The zero-order valence-electron chi connectivity index (χ0n) is 8.67. The van der Waals surface area contributed by atoms with Crippen molar-refractivity contribution in [3.63, 3.8) is 0 Å². The van der Waals surface area contributed by atoms with Crippen molar-refractivity contribution in [3.8, 4) is 0 Å². The molecule has 0 amide bonds. The van der Waals surface area contributed by atoms with E-state index in [4.69, 9.17) is 16.8 Å². The molecule has 1 N–H and O–H groups in total. The third-order valence-electron chi connectivity index (χ3n) is 2.30. The van der Waals surface area contributed by atoms with Gasteiger partial charge >= 0.3 is 0 Å². The quantitative estimate of drug-likeness (QED) is 0.480. The van der Waals surface area contributed by atoms with Crippen molar-refractivity contribution in [2.45, 2.75) is 25.7 Å². The summed E-state index contributed by atoms with van der Waals surface area (Å²) in [7, 11) is 0. The number of halogens is 2. The average molecular weight is 230 g/mol. The predicted molar refractivity (Wildman–Crippen MR) is 59.1 cm³/mol. The maximum Gasteiger partial charge on any atom is 0.146 e. The van der Waals surface area contributed by atoms with Crippen LogP contribution in [0, 0.1) is 5.82 Å². The third kappa shape index (κ3) is 2.93. The van der Waals surface area contributed by atoms with Crippen molar-refractivity contribution in [1.82, 2.24) is 0 Å².